The van der Waals surface area contributed by atoms with Crippen LogP contribution in [0.3, 0.4) is 0 Å². The molecule has 15 heavy (non-hydrogen) atoms. The van der Waals surface area contributed by atoms with E-state index in [2.05, 4.69) is 0 Å². The van der Waals surface area contributed by atoms with Gasteiger partial charge in [-0.05, 0) is 24.7 Å². The Morgan fingerprint density at radius 2 is 1.73 bits per heavy atom. The Morgan fingerprint density at radius 3 is 2.07 bits per heavy atom. The van der Waals surface area contributed by atoms with Crippen molar-refractivity contribution in [1.29, 1.82) is 0 Å². The summed E-state index contributed by atoms with van der Waals surface area (Å²) < 4.78 is 0. The summed E-state index contributed by atoms with van der Waals surface area (Å²) in [5, 5.41) is 17.4. The fourth-order valence-electron chi connectivity index (χ4n) is 1.55. The summed E-state index contributed by atoms with van der Waals surface area (Å²) in [6.07, 6.45) is 1.51. The van der Waals surface area contributed by atoms with Gasteiger partial charge in [0, 0.05) is 6.42 Å². The number of hydrogen-bond donors (Lipinski definition) is 2. The minimum Gasteiger partial charge on any atom is -0.481 e. The largest absolute Gasteiger partial charge is 0.481 e. The smallest absolute Gasteiger partial charge is 0.306 e. The number of rotatable bonds is 6. The van der Waals surface area contributed by atoms with E-state index in [0.717, 1.165) is 0 Å². The van der Waals surface area contributed by atoms with Gasteiger partial charge in [-0.15, -0.1) is 0 Å². The second-order valence-electron chi connectivity index (χ2n) is 5.09. The Bertz CT molecular complexity index is 227. The van der Waals surface area contributed by atoms with Crippen LogP contribution < -0.4 is 0 Å². The van der Waals surface area contributed by atoms with Gasteiger partial charge in [0.15, 0.2) is 0 Å². The van der Waals surface area contributed by atoms with Crippen molar-refractivity contribution in [1.82, 2.24) is 0 Å². The van der Waals surface area contributed by atoms with Gasteiger partial charge in [0.25, 0.3) is 0 Å². The highest BCUT2D eigenvalue weighted by molar-refractivity contribution is 5.70. The summed E-state index contributed by atoms with van der Waals surface area (Å²) in [5.41, 5.74) is -0.0354. The van der Waals surface area contributed by atoms with E-state index in [-0.39, 0.29) is 11.8 Å². The Labute approximate surface area is 90.3 Å². The zero-order chi connectivity index (χ0) is 12.1. The molecule has 1 unspecified atom stereocenters. The van der Waals surface area contributed by atoms with Crippen LogP contribution in [0.1, 0.15) is 46.5 Å². The average molecular weight is 216 g/mol. The number of carboxylic acid groups (broad SMARTS) is 2. The van der Waals surface area contributed by atoms with E-state index in [4.69, 9.17) is 10.2 Å². The van der Waals surface area contributed by atoms with Crippen LogP contribution in [-0.4, -0.2) is 22.2 Å². The molecule has 0 rings (SSSR count). The molecule has 1 atom stereocenters. The van der Waals surface area contributed by atoms with E-state index in [1.54, 1.807) is 0 Å². The fraction of sp³-hybridized carbons (Fsp3) is 0.818. The first-order valence-electron chi connectivity index (χ1n) is 5.17. The lowest BCUT2D eigenvalue weighted by atomic mass is 9.82. The van der Waals surface area contributed by atoms with Crippen LogP contribution in [0, 0.1) is 11.3 Å². The average Bonchev–Trinajstić information content (AvgIpc) is 1.99. The van der Waals surface area contributed by atoms with Crippen LogP contribution in [0.15, 0.2) is 0 Å². The Morgan fingerprint density at radius 1 is 1.20 bits per heavy atom. The molecule has 0 heterocycles. The van der Waals surface area contributed by atoms with Gasteiger partial charge < -0.3 is 10.2 Å². The van der Waals surface area contributed by atoms with E-state index < -0.39 is 17.9 Å². The van der Waals surface area contributed by atoms with Crippen molar-refractivity contribution < 1.29 is 19.8 Å². The Kier molecular flexibility index (Phi) is 5.33. The highest BCUT2D eigenvalue weighted by atomic mass is 16.4. The lowest BCUT2D eigenvalue weighted by Gasteiger charge is -2.22. The molecule has 0 aliphatic rings. The van der Waals surface area contributed by atoms with Crippen molar-refractivity contribution in [2.24, 2.45) is 11.3 Å². The van der Waals surface area contributed by atoms with Gasteiger partial charge in [-0.25, -0.2) is 0 Å². The van der Waals surface area contributed by atoms with Crippen LogP contribution in [-0.2, 0) is 9.59 Å². The first-order chi connectivity index (χ1) is 6.72. The molecule has 0 amide bonds. The van der Waals surface area contributed by atoms with Gasteiger partial charge in [0.05, 0.1) is 5.92 Å². The molecule has 0 aromatic rings. The van der Waals surface area contributed by atoms with Crippen LogP contribution in [0.4, 0.5) is 0 Å². The van der Waals surface area contributed by atoms with E-state index in [0.29, 0.717) is 19.3 Å². The van der Waals surface area contributed by atoms with Crippen molar-refractivity contribution in [3.05, 3.63) is 0 Å². The third-order valence-corrected chi connectivity index (χ3v) is 2.15. The summed E-state index contributed by atoms with van der Waals surface area (Å²) in [5.74, 6) is -2.12. The second-order valence-corrected chi connectivity index (χ2v) is 5.09. The molecule has 0 bridgehead atoms. The highest BCUT2D eigenvalue weighted by Gasteiger charge is 2.24. The van der Waals surface area contributed by atoms with Gasteiger partial charge in [-0.2, -0.15) is 0 Å². The highest BCUT2D eigenvalue weighted by Crippen LogP contribution is 2.27. The molecule has 0 aromatic heterocycles. The maximum absolute atomic E-state index is 10.9. The summed E-state index contributed by atoms with van der Waals surface area (Å²) >= 11 is 0. The van der Waals surface area contributed by atoms with Crippen molar-refractivity contribution in [2.45, 2.75) is 46.5 Å². The molecule has 88 valence electrons. The summed E-state index contributed by atoms with van der Waals surface area (Å²) in [6, 6.07) is 0. The molecule has 0 aromatic carbocycles. The number of carbonyl (C=O) groups is 2. The minimum absolute atomic E-state index is 0.0354. The number of hydrogen-bond acceptors (Lipinski definition) is 2. The molecular formula is C11H20O4. The predicted molar refractivity (Wildman–Crippen MR) is 56.7 cm³/mol. The molecule has 2 N–H and O–H groups in total. The maximum atomic E-state index is 10.9. The van der Waals surface area contributed by atoms with E-state index >= 15 is 0 Å². The van der Waals surface area contributed by atoms with E-state index in [1.165, 1.54) is 0 Å². The van der Waals surface area contributed by atoms with Crippen LogP contribution in [0.25, 0.3) is 0 Å². The molecule has 4 heteroatoms. The van der Waals surface area contributed by atoms with Gasteiger partial charge in [-0.1, -0.05) is 20.8 Å². The summed E-state index contributed by atoms with van der Waals surface area (Å²) in [6.45, 7) is 5.96. The SMILES string of the molecule is CC(C)(C)CC(CCCC(=O)O)C(=O)O. The van der Waals surface area contributed by atoms with Gasteiger partial charge >= 0.3 is 11.9 Å². The molecular weight excluding hydrogens is 196 g/mol. The normalized spacial score (nSPS) is 13.5. The summed E-state index contributed by atoms with van der Waals surface area (Å²) in [4.78, 5) is 21.2. The van der Waals surface area contributed by atoms with E-state index in [9.17, 15) is 9.59 Å². The quantitative estimate of drug-likeness (QED) is 0.714. The monoisotopic (exact) mass is 216 g/mol. The molecule has 0 saturated carbocycles. The number of aliphatic carboxylic acids is 2. The predicted octanol–water partition coefficient (Wildman–Crippen LogP) is 2.38. The molecule has 0 saturated heterocycles. The standard InChI is InChI=1S/C11H20O4/c1-11(2,3)7-8(10(14)15)5-4-6-9(12)13/h8H,4-7H2,1-3H3,(H,12,13)(H,14,15). The molecule has 0 aliphatic heterocycles. The molecule has 0 aliphatic carbocycles. The first kappa shape index (κ1) is 13.9. The number of carboxylic acids is 2. The second kappa shape index (κ2) is 5.73. The van der Waals surface area contributed by atoms with Crippen molar-refractivity contribution >= 4 is 11.9 Å². The minimum atomic E-state index is -0.866. The first-order valence-corrected chi connectivity index (χ1v) is 5.17. The van der Waals surface area contributed by atoms with Gasteiger partial charge in [0.2, 0.25) is 0 Å². The zero-order valence-corrected chi connectivity index (χ0v) is 9.62. The third-order valence-electron chi connectivity index (χ3n) is 2.15. The third kappa shape index (κ3) is 7.97. The van der Waals surface area contributed by atoms with Crippen LogP contribution >= 0.6 is 0 Å². The van der Waals surface area contributed by atoms with Crippen LogP contribution in [0.2, 0.25) is 0 Å². The molecule has 0 radical (unpaired) electrons. The van der Waals surface area contributed by atoms with Crippen molar-refractivity contribution in [3.8, 4) is 0 Å². The molecule has 0 spiro atoms. The zero-order valence-electron chi connectivity index (χ0n) is 9.62. The van der Waals surface area contributed by atoms with Gasteiger partial charge in [0.1, 0.15) is 0 Å². The lowest BCUT2D eigenvalue weighted by Crippen LogP contribution is -2.21. The van der Waals surface area contributed by atoms with Crippen LogP contribution in [0.5, 0.6) is 0 Å². The fourth-order valence-corrected chi connectivity index (χ4v) is 1.55. The Hall–Kier alpha value is -1.06. The summed E-state index contributed by atoms with van der Waals surface area (Å²) in [7, 11) is 0. The molecule has 0 fully saturated rings. The lowest BCUT2D eigenvalue weighted by molar-refractivity contribution is -0.144. The van der Waals surface area contributed by atoms with E-state index in [1.807, 2.05) is 20.8 Å². The topological polar surface area (TPSA) is 74.6 Å². The Balaban J connectivity index is 4.06. The van der Waals surface area contributed by atoms with Crippen molar-refractivity contribution in [2.75, 3.05) is 0 Å². The van der Waals surface area contributed by atoms with Gasteiger partial charge in [-0.3, -0.25) is 9.59 Å². The molecule has 4 nitrogen and oxygen atoms in total. The van der Waals surface area contributed by atoms with Crippen molar-refractivity contribution in [3.63, 3.8) is 0 Å². The maximum Gasteiger partial charge on any atom is 0.306 e.